The minimum Gasteiger partial charge on any atom is -0.491 e. The number of benzene rings is 1. The Bertz CT molecular complexity index is 463. The van der Waals surface area contributed by atoms with Gasteiger partial charge >= 0.3 is 0 Å². The molecule has 0 aliphatic carbocycles. The second-order valence-electron chi connectivity index (χ2n) is 2.87. The average Bonchev–Trinajstić information content (AvgIpc) is 2.75. The summed E-state index contributed by atoms with van der Waals surface area (Å²) in [6.45, 7) is 2.24. The highest BCUT2D eigenvalue weighted by Crippen LogP contribution is 2.23. The monoisotopic (exact) mass is 240 g/mol. The number of anilines is 2. The van der Waals surface area contributed by atoms with Gasteiger partial charge < -0.3 is 10.1 Å². The lowest BCUT2D eigenvalue weighted by molar-refractivity contribution is 0.321. The second kappa shape index (κ2) is 4.84. The molecule has 7 heteroatoms. The molecule has 0 atom stereocenters. The van der Waals surface area contributed by atoms with E-state index in [2.05, 4.69) is 20.1 Å². The van der Waals surface area contributed by atoms with Crippen molar-refractivity contribution in [2.75, 3.05) is 11.9 Å². The molecule has 1 aromatic carbocycles. The second-order valence-corrected chi connectivity index (χ2v) is 3.60. The van der Waals surface area contributed by atoms with Crippen LogP contribution < -0.4 is 10.1 Å². The lowest BCUT2D eigenvalue weighted by Gasteiger charge is -2.06. The predicted molar refractivity (Wildman–Crippen MR) is 58.6 cm³/mol. The number of hydrogen-bond donors (Lipinski definition) is 1. The summed E-state index contributed by atoms with van der Waals surface area (Å²) < 4.78 is 22.1. The first-order valence-electron chi connectivity index (χ1n) is 4.64. The lowest BCUT2D eigenvalue weighted by atomic mass is 10.3. The molecule has 2 rings (SSSR count). The van der Waals surface area contributed by atoms with Gasteiger partial charge in [0.1, 0.15) is 0 Å². The summed E-state index contributed by atoms with van der Waals surface area (Å²) in [6, 6.07) is 4.61. The summed E-state index contributed by atoms with van der Waals surface area (Å²) in [7, 11) is 0. The number of aromatic nitrogens is 3. The van der Waals surface area contributed by atoms with E-state index in [1.165, 1.54) is 6.07 Å². The fraction of sp³-hybridized carbons (Fsp3) is 0.222. The van der Waals surface area contributed by atoms with Crippen LogP contribution in [0.3, 0.4) is 0 Å². The number of nitrogens with one attached hydrogen (secondary N) is 1. The van der Waals surface area contributed by atoms with E-state index in [-0.39, 0.29) is 5.75 Å². The molecule has 16 heavy (non-hydrogen) atoms. The van der Waals surface area contributed by atoms with Crippen LogP contribution in [0.25, 0.3) is 0 Å². The van der Waals surface area contributed by atoms with Crippen LogP contribution in [0.15, 0.2) is 18.2 Å². The lowest BCUT2D eigenvalue weighted by Crippen LogP contribution is -1.96. The standard InChI is InChI=1S/C9H9FN4OS/c1-2-15-8-4-3-6(5-7(8)10)11-9-12-13-14-16-9/h3-5H,2H2,1H3,(H,11,12,14). The fourth-order valence-corrected chi connectivity index (χ4v) is 1.54. The minimum absolute atomic E-state index is 0.239. The first kappa shape index (κ1) is 10.7. The van der Waals surface area contributed by atoms with E-state index in [9.17, 15) is 4.39 Å². The van der Waals surface area contributed by atoms with Gasteiger partial charge in [-0.3, -0.25) is 0 Å². The van der Waals surface area contributed by atoms with Gasteiger partial charge in [-0.05, 0) is 24.3 Å². The van der Waals surface area contributed by atoms with E-state index in [1.807, 2.05) is 0 Å². The molecule has 0 radical (unpaired) electrons. The molecule has 0 saturated heterocycles. The molecule has 0 fully saturated rings. The van der Waals surface area contributed by atoms with Crippen molar-refractivity contribution in [1.82, 2.24) is 14.8 Å². The largest absolute Gasteiger partial charge is 0.491 e. The van der Waals surface area contributed by atoms with Gasteiger partial charge in [0.25, 0.3) is 0 Å². The van der Waals surface area contributed by atoms with Crippen molar-refractivity contribution in [3.8, 4) is 5.75 Å². The number of hydrogen-bond acceptors (Lipinski definition) is 6. The number of rotatable bonds is 4. The van der Waals surface area contributed by atoms with E-state index in [0.29, 0.717) is 17.4 Å². The van der Waals surface area contributed by atoms with Crippen molar-refractivity contribution in [1.29, 1.82) is 0 Å². The molecular weight excluding hydrogens is 231 g/mol. The SMILES string of the molecule is CCOc1ccc(Nc2nnns2)cc1F. The van der Waals surface area contributed by atoms with Gasteiger partial charge in [0.15, 0.2) is 11.6 Å². The molecule has 0 spiro atoms. The fourth-order valence-electron chi connectivity index (χ4n) is 1.16. The van der Waals surface area contributed by atoms with Gasteiger partial charge in [-0.15, -0.1) is 0 Å². The van der Waals surface area contributed by atoms with Crippen LogP contribution in [0, 0.1) is 5.82 Å². The Morgan fingerprint density at radius 3 is 3.00 bits per heavy atom. The topological polar surface area (TPSA) is 59.9 Å². The van der Waals surface area contributed by atoms with Gasteiger partial charge in [0.2, 0.25) is 5.13 Å². The first-order valence-corrected chi connectivity index (χ1v) is 5.41. The molecule has 84 valence electrons. The van der Waals surface area contributed by atoms with Gasteiger partial charge in [-0.2, -0.15) is 0 Å². The van der Waals surface area contributed by atoms with Crippen LogP contribution in [0.1, 0.15) is 6.92 Å². The Morgan fingerprint density at radius 1 is 1.50 bits per heavy atom. The number of nitrogens with zero attached hydrogens (tertiary/aromatic N) is 3. The maximum absolute atomic E-state index is 13.5. The Hall–Kier alpha value is -1.76. The van der Waals surface area contributed by atoms with Crippen LogP contribution in [-0.4, -0.2) is 21.4 Å². The van der Waals surface area contributed by atoms with E-state index in [0.717, 1.165) is 11.5 Å². The average molecular weight is 240 g/mol. The summed E-state index contributed by atoms with van der Waals surface area (Å²) in [5.41, 5.74) is 0.583. The Morgan fingerprint density at radius 2 is 2.38 bits per heavy atom. The Kier molecular flexibility index (Phi) is 3.25. The van der Waals surface area contributed by atoms with Crippen molar-refractivity contribution in [3.05, 3.63) is 24.0 Å². The van der Waals surface area contributed by atoms with Gasteiger partial charge in [-0.25, -0.2) is 4.39 Å². The molecule has 1 heterocycles. The van der Waals surface area contributed by atoms with Gasteiger partial charge in [-0.1, -0.05) is 9.59 Å². The van der Waals surface area contributed by atoms with Crippen molar-refractivity contribution in [2.24, 2.45) is 0 Å². The third-order valence-corrected chi connectivity index (χ3v) is 2.29. The maximum Gasteiger partial charge on any atom is 0.229 e. The minimum atomic E-state index is -0.413. The van der Waals surface area contributed by atoms with Crippen LogP contribution in [0.5, 0.6) is 5.75 Å². The maximum atomic E-state index is 13.5. The highest BCUT2D eigenvalue weighted by Gasteiger charge is 2.05. The quantitative estimate of drug-likeness (QED) is 0.887. The summed E-state index contributed by atoms with van der Waals surface area (Å²) in [5, 5.41) is 10.5. The predicted octanol–water partition coefficient (Wildman–Crippen LogP) is 2.21. The molecular formula is C9H9FN4OS. The first-order chi connectivity index (χ1) is 7.79. The number of ether oxygens (including phenoxy) is 1. The summed E-state index contributed by atoms with van der Waals surface area (Å²) >= 11 is 1.10. The third-order valence-electron chi connectivity index (χ3n) is 1.78. The highest BCUT2D eigenvalue weighted by molar-refractivity contribution is 7.09. The molecule has 1 aromatic heterocycles. The third kappa shape index (κ3) is 2.43. The van der Waals surface area contributed by atoms with Gasteiger partial charge in [0, 0.05) is 23.3 Å². The van der Waals surface area contributed by atoms with E-state index >= 15 is 0 Å². The summed E-state index contributed by atoms with van der Waals surface area (Å²) in [6.07, 6.45) is 0. The van der Waals surface area contributed by atoms with E-state index < -0.39 is 5.82 Å². The van der Waals surface area contributed by atoms with Crippen molar-refractivity contribution < 1.29 is 9.13 Å². The molecule has 0 bridgehead atoms. The Labute approximate surface area is 95.4 Å². The molecule has 5 nitrogen and oxygen atoms in total. The molecule has 0 saturated carbocycles. The van der Waals surface area contributed by atoms with Crippen molar-refractivity contribution in [3.63, 3.8) is 0 Å². The van der Waals surface area contributed by atoms with Crippen molar-refractivity contribution in [2.45, 2.75) is 6.92 Å². The Balaban J connectivity index is 2.15. The van der Waals surface area contributed by atoms with Crippen LogP contribution in [0.2, 0.25) is 0 Å². The molecule has 2 aromatic rings. The van der Waals surface area contributed by atoms with Crippen LogP contribution in [0.4, 0.5) is 15.2 Å². The summed E-state index contributed by atoms with van der Waals surface area (Å²) in [5.74, 6) is -0.173. The summed E-state index contributed by atoms with van der Waals surface area (Å²) in [4.78, 5) is 0. The van der Waals surface area contributed by atoms with Crippen LogP contribution >= 0.6 is 11.5 Å². The molecule has 1 N–H and O–H groups in total. The smallest absolute Gasteiger partial charge is 0.229 e. The van der Waals surface area contributed by atoms with Gasteiger partial charge in [0.05, 0.1) is 6.61 Å². The number of halogens is 1. The molecule has 0 unspecified atom stereocenters. The van der Waals surface area contributed by atoms with E-state index in [1.54, 1.807) is 19.1 Å². The zero-order valence-corrected chi connectivity index (χ0v) is 9.29. The van der Waals surface area contributed by atoms with E-state index in [4.69, 9.17) is 4.74 Å². The molecule has 0 amide bonds. The normalized spacial score (nSPS) is 10.1. The molecule has 0 aliphatic heterocycles. The zero-order chi connectivity index (χ0) is 11.4. The molecule has 0 aliphatic rings. The van der Waals surface area contributed by atoms with Crippen molar-refractivity contribution >= 4 is 22.4 Å². The zero-order valence-electron chi connectivity index (χ0n) is 8.48. The van der Waals surface area contributed by atoms with Crippen LogP contribution in [-0.2, 0) is 0 Å². The highest BCUT2D eigenvalue weighted by atomic mass is 32.1.